The first-order valence-electron chi connectivity index (χ1n) is 13.0. The van der Waals surface area contributed by atoms with Crippen LogP contribution in [0.1, 0.15) is 58.1 Å². The van der Waals surface area contributed by atoms with E-state index in [9.17, 15) is 10.2 Å². The molecular formula is C29H46N2O2. The molecule has 0 unspecified atom stereocenters. The van der Waals surface area contributed by atoms with Crippen molar-refractivity contribution in [2.24, 2.45) is 17.8 Å². The van der Waals surface area contributed by atoms with Crippen LogP contribution in [0, 0.1) is 24.7 Å². The van der Waals surface area contributed by atoms with Crippen molar-refractivity contribution in [1.29, 1.82) is 0 Å². The maximum Gasteiger partial charge on any atom is 0.0761 e. The van der Waals surface area contributed by atoms with E-state index in [1.807, 2.05) is 12.1 Å². The summed E-state index contributed by atoms with van der Waals surface area (Å²) in [6, 6.07) is 9.49. The van der Waals surface area contributed by atoms with Gasteiger partial charge < -0.3 is 15.5 Å². The van der Waals surface area contributed by atoms with Crippen LogP contribution in [0.15, 0.2) is 48.1 Å². The van der Waals surface area contributed by atoms with Crippen molar-refractivity contribution >= 4 is 0 Å². The minimum atomic E-state index is -0.509. The number of nitrogens with zero attached hydrogens (tertiary/aromatic N) is 1. The van der Waals surface area contributed by atoms with Gasteiger partial charge in [0.25, 0.3) is 0 Å². The van der Waals surface area contributed by atoms with Crippen LogP contribution >= 0.6 is 0 Å². The maximum absolute atomic E-state index is 10.6. The van der Waals surface area contributed by atoms with E-state index in [4.69, 9.17) is 0 Å². The Balaban J connectivity index is 1.43. The molecule has 0 aromatic heterocycles. The SMILES string of the molecule is Cc1cccc(C[C@H](O)C=C[C@@H]2[C@H]3CC(CNCCCN(C(C)C)C(C)C)=C[C@H]3C[C@H]2O)c1. The predicted octanol–water partition coefficient (Wildman–Crippen LogP) is 4.50. The number of aliphatic hydroxyl groups is 2. The van der Waals surface area contributed by atoms with Gasteiger partial charge in [-0.25, -0.2) is 0 Å². The van der Waals surface area contributed by atoms with Crippen LogP contribution in [-0.2, 0) is 6.42 Å². The Morgan fingerprint density at radius 3 is 2.64 bits per heavy atom. The molecule has 1 aromatic carbocycles. The highest BCUT2D eigenvalue weighted by molar-refractivity contribution is 5.24. The molecule has 0 heterocycles. The summed E-state index contributed by atoms with van der Waals surface area (Å²) in [5.74, 6) is 1.08. The zero-order valence-electron chi connectivity index (χ0n) is 21.4. The normalized spacial score (nSPS) is 26.1. The van der Waals surface area contributed by atoms with Gasteiger partial charge in [-0.3, -0.25) is 4.90 Å². The third-order valence-electron chi connectivity index (χ3n) is 7.48. The lowest BCUT2D eigenvalue weighted by molar-refractivity contribution is 0.140. The van der Waals surface area contributed by atoms with Crippen LogP contribution in [0.3, 0.4) is 0 Å². The van der Waals surface area contributed by atoms with Gasteiger partial charge in [-0.15, -0.1) is 0 Å². The van der Waals surface area contributed by atoms with Crippen LogP contribution in [0.25, 0.3) is 0 Å². The lowest BCUT2D eigenvalue weighted by atomic mass is 9.89. The number of rotatable bonds is 12. The van der Waals surface area contributed by atoms with Gasteiger partial charge >= 0.3 is 0 Å². The summed E-state index contributed by atoms with van der Waals surface area (Å²) in [7, 11) is 0. The molecule has 0 spiro atoms. The molecule has 0 amide bonds. The molecule has 1 saturated carbocycles. The molecular weight excluding hydrogens is 408 g/mol. The van der Waals surface area contributed by atoms with Crippen LogP contribution in [0.5, 0.6) is 0 Å². The van der Waals surface area contributed by atoms with E-state index in [1.54, 1.807) is 0 Å². The monoisotopic (exact) mass is 454 g/mol. The van der Waals surface area contributed by atoms with E-state index in [1.165, 1.54) is 17.6 Å². The Bertz CT molecular complexity index is 793. The van der Waals surface area contributed by atoms with Crippen molar-refractivity contribution in [3.63, 3.8) is 0 Å². The zero-order chi connectivity index (χ0) is 24.0. The van der Waals surface area contributed by atoms with Gasteiger partial charge in [-0.05, 0) is 84.4 Å². The molecule has 4 heteroatoms. The van der Waals surface area contributed by atoms with Gasteiger partial charge in [0.05, 0.1) is 12.2 Å². The summed E-state index contributed by atoms with van der Waals surface area (Å²) in [4.78, 5) is 2.55. The minimum absolute atomic E-state index is 0.140. The number of hydrogen-bond acceptors (Lipinski definition) is 4. The number of benzene rings is 1. The van der Waals surface area contributed by atoms with Crippen molar-refractivity contribution in [3.05, 3.63) is 59.2 Å². The number of aryl methyl sites for hydroxylation is 1. The second kappa shape index (κ2) is 12.3. The number of allylic oxidation sites excluding steroid dienone is 1. The van der Waals surface area contributed by atoms with Gasteiger partial charge in [0.15, 0.2) is 0 Å². The maximum atomic E-state index is 10.6. The Kier molecular flexibility index (Phi) is 9.75. The third kappa shape index (κ3) is 7.51. The quantitative estimate of drug-likeness (QED) is 0.322. The average Bonchev–Trinajstić information content (AvgIpc) is 3.24. The molecule has 1 aromatic rings. The van der Waals surface area contributed by atoms with Crippen molar-refractivity contribution in [3.8, 4) is 0 Å². The van der Waals surface area contributed by atoms with Gasteiger partial charge in [-0.1, -0.05) is 53.6 Å². The summed E-state index contributed by atoms with van der Waals surface area (Å²) >= 11 is 0. The average molecular weight is 455 g/mol. The summed E-state index contributed by atoms with van der Waals surface area (Å²) < 4.78 is 0. The van der Waals surface area contributed by atoms with Crippen LogP contribution in [-0.4, -0.2) is 59.0 Å². The number of aliphatic hydroxyl groups excluding tert-OH is 2. The molecule has 2 aliphatic rings. The third-order valence-corrected chi connectivity index (χ3v) is 7.48. The first-order valence-corrected chi connectivity index (χ1v) is 13.0. The fourth-order valence-electron chi connectivity index (χ4n) is 5.89. The number of nitrogens with one attached hydrogen (secondary N) is 1. The molecule has 0 aliphatic heterocycles. The van der Waals surface area contributed by atoms with Crippen molar-refractivity contribution in [2.75, 3.05) is 19.6 Å². The largest absolute Gasteiger partial charge is 0.392 e. The van der Waals surface area contributed by atoms with Gasteiger partial charge in [-0.2, -0.15) is 0 Å². The molecule has 0 bridgehead atoms. The molecule has 4 nitrogen and oxygen atoms in total. The highest BCUT2D eigenvalue weighted by Crippen LogP contribution is 2.47. The van der Waals surface area contributed by atoms with E-state index in [0.29, 0.717) is 30.3 Å². The fraction of sp³-hybridized carbons (Fsp3) is 0.655. The summed E-state index contributed by atoms with van der Waals surface area (Å²) in [5.41, 5.74) is 3.85. The van der Waals surface area contributed by atoms with Gasteiger partial charge in [0, 0.05) is 31.0 Å². The molecule has 5 atom stereocenters. The smallest absolute Gasteiger partial charge is 0.0761 e. The van der Waals surface area contributed by atoms with Crippen LogP contribution < -0.4 is 5.32 Å². The lowest BCUT2D eigenvalue weighted by Crippen LogP contribution is -2.38. The van der Waals surface area contributed by atoms with Crippen molar-refractivity contribution < 1.29 is 10.2 Å². The van der Waals surface area contributed by atoms with E-state index in [-0.39, 0.29) is 12.0 Å². The highest BCUT2D eigenvalue weighted by Gasteiger charge is 2.43. The summed E-state index contributed by atoms with van der Waals surface area (Å²) in [5, 5.41) is 24.8. The molecule has 3 N–H and O–H groups in total. The zero-order valence-corrected chi connectivity index (χ0v) is 21.4. The molecule has 3 rings (SSSR count). The van der Waals surface area contributed by atoms with Crippen LogP contribution in [0.2, 0.25) is 0 Å². The van der Waals surface area contributed by atoms with E-state index in [2.05, 4.69) is 75.2 Å². The molecule has 184 valence electrons. The molecule has 1 fully saturated rings. The molecule has 0 radical (unpaired) electrons. The molecule has 0 saturated heterocycles. The highest BCUT2D eigenvalue weighted by atomic mass is 16.3. The van der Waals surface area contributed by atoms with Crippen LogP contribution in [0.4, 0.5) is 0 Å². The molecule has 33 heavy (non-hydrogen) atoms. The van der Waals surface area contributed by atoms with Crippen molar-refractivity contribution in [2.45, 2.75) is 84.6 Å². The van der Waals surface area contributed by atoms with Gasteiger partial charge in [0.1, 0.15) is 0 Å². The molecule has 2 aliphatic carbocycles. The first kappa shape index (κ1) is 26.2. The fourth-order valence-corrected chi connectivity index (χ4v) is 5.89. The Morgan fingerprint density at radius 2 is 1.94 bits per heavy atom. The standard InChI is InChI=1S/C29H46N2O2/c1-20(2)31(21(3)4)13-7-12-30-19-24-15-25-18-29(33)27(28(25)17-24)11-10-26(32)16-23-9-6-8-22(5)14-23/h6,8-11,14-15,20-21,25-30,32-33H,7,12-13,16-19H2,1-5H3/t25-,26+,27+,28-,29+/m0/s1. The second-order valence-corrected chi connectivity index (χ2v) is 10.8. The summed E-state index contributed by atoms with van der Waals surface area (Å²) in [6.07, 6.45) is 9.28. The Morgan fingerprint density at radius 1 is 1.18 bits per heavy atom. The lowest BCUT2D eigenvalue weighted by Gasteiger charge is -2.30. The van der Waals surface area contributed by atoms with E-state index < -0.39 is 6.10 Å². The van der Waals surface area contributed by atoms with E-state index >= 15 is 0 Å². The second-order valence-electron chi connectivity index (χ2n) is 10.8. The van der Waals surface area contributed by atoms with Gasteiger partial charge in [0.2, 0.25) is 0 Å². The minimum Gasteiger partial charge on any atom is -0.392 e. The Labute approximate surface area is 201 Å². The topological polar surface area (TPSA) is 55.7 Å². The number of hydrogen-bond donors (Lipinski definition) is 3. The van der Waals surface area contributed by atoms with Crippen molar-refractivity contribution in [1.82, 2.24) is 10.2 Å². The first-order chi connectivity index (χ1) is 15.7. The Hall–Kier alpha value is -1.46. The van der Waals surface area contributed by atoms with E-state index in [0.717, 1.165) is 38.0 Å². The summed E-state index contributed by atoms with van der Waals surface area (Å²) in [6.45, 7) is 14.3. The predicted molar refractivity (Wildman–Crippen MR) is 138 cm³/mol. The number of fused-ring (bicyclic) bond motifs is 1.